The van der Waals surface area contributed by atoms with E-state index >= 15 is 0 Å². The molecule has 0 unspecified atom stereocenters. The van der Waals surface area contributed by atoms with Gasteiger partial charge in [-0.2, -0.15) is 0 Å². The van der Waals surface area contributed by atoms with Gasteiger partial charge in [-0.3, -0.25) is 9.78 Å². The van der Waals surface area contributed by atoms with Gasteiger partial charge in [0.1, 0.15) is 11.4 Å². The number of pyridine rings is 1. The minimum atomic E-state index is -0.100. The third-order valence-electron chi connectivity index (χ3n) is 5.76. The normalized spacial score (nSPS) is 11.2. The molecule has 5 aromatic rings. The summed E-state index contributed by atoms with van der Waals surface area (Å²) in [6, 6.07) is 19.9. The lowest BCUT2D eigenvalue weighted by molar-refractivity contribution is 0.0944. The average molecular weight is 440 g/mol. The second-order valence-electron chi connectivity index (χ2n) is 7.95. The highest BCUT2D eigenvalue weighted by atomic mass is 16.5. The first-order valence-corrected chi connectivity index (χ1v) is 11.0. The van der Waals surface area contributed by atoms with E-state index in [9.17, 15) is 4.79 Å². The highest BCUT2D eigenvalue weighted by molar-refractivity contribution is 5.99. The topological polar surface area (TPSA) is 74.0 Å². The third-order valence-corrected chi connectivity index (χ3v) is 5.76. The molecule has 0 radical (unpaired) electrons. The Kier molecular flexibility index (Phi) is 5.76. The van der Waals surface area contributed by atoms with Gasteiger partial charge < -0.3 is 19.2 Å². The third kappa shape index (κ3) is 4.43. The molecule has 7 heteroatoms. The zero-order valence-corrected chi connectivity index (χ0v) is 18.4. The zero-order valence-electron chi connectivity index (χ0n) is 18.4. The van der Waals surface area contributed by atoms with E-state index in [1.54, 1.807) is 19.6 Å². The Morgan fingerprint density at radius 1 is 1.06 bits per heavy atom. The van der Waals surface area contributed by atoms with Gasteiger partial charge in [0.05, 0.1) is 31.2 Å². The van der Waals surface area contributed by atoms with E-state index in [1.165, 1.54) is 0 Å². The van der Waals surface area contributed by atoms with Crippen LogP contribution >= 0.6 is 0 Å². The predicted molar refractivity (Wildman–Crippen MR) is 129 cm³/mol. The molecule has 0 aliphatic rings. The summed E-state index contributed by atoms with van der Waals surface area (Å²) >= 11 is 0. The number of hydrogen-bond donors (Lipinski definition) is 1. The molecule has 1 amide bonds. The highest BCUT2D eigenvalue weighted by Gasteiger charge is 2.17. The molecule has 0 fully saturated rings. The van der Waals surface area contributed by atoms with Gasteiger partial charge in [-0.05, 0) is 42.8 Å². The standard InChI is InChI=1S/C26H25N5O2/c1-33-22-9-10-24-20(15-22)16-25(26(32)28-11-4-13-30-14-12-27-18-30)31(24)17-21-8-7-19-5-2-3-6-23(19)29-21/h2-3,5-10,12,14-16,18H,4,11,13,17H2,1H3,(H,28,32). The lowest BCUT2D eigenvalue weighted by Crippen LogP contribution is -2.27. The maximum absolute atomic E-state index is 13.2. The number of fused-ring (bicyclic) bond motifs is 2. The van der Waals surface area contributed by atoms with Crippen LogP contribution in [-0.2, 0) is 13.1 Å². The minimum Gasteiger partial charge on any atom is -0.497 e. The number of carbonyl (C=O) groups is 1. The van der Waals surface area contributed by atoms with Gasteiger partial charge >= 0.3 is 0 Å². The number of rotatable bonds is 8. The molecule has 0 saturated carbocycles. The number of carbonyl (C=O) groups excluding carboxylic acids is 1. The minimum absolute atomic E-state index is 0.100. The molecule has 3 aromatic heterocycles. The quantitative estimate of drug-likeness (QED) is 0.367. The molecule has 0 saturated heterocycles. The first-order chi connectivity index (χ1) is 16.2. The second-order valence-corrected chi connectivity index (χ2v) is 7.95. The zero-order chi connectivity index (χ0) is 22.6. The Morgan fingerprint density at radius 3 is 2.82 bits per heavy atom. The number of aromatic nitrogens is 4. The van der Waals surface area contributed by atoms with Crippen molar-refractivity contribution in [2.24, 2.45) is 0 Å². The lowest BCUT2D eigenvalue weighted by Gasteiger charge is -2.12. The molecule has 0 bridgehead atoms. The summed E-state index contributed by atoms with van der Waals surface area (Å²) in [7, 11) is 1.64. The highest BCUT2D eigenvalue weighted by Crippen LogP contribution is 2.26. The number of nitrogens with one attached hydrogen (secondary N) is 1. The van der Waals surface area contributed by atoms with Crippen molar-refractivity contribution < 1.29 is 9.53 Å². The van der Waals surface area contributed by atoms with Crippen molar-refractivity contribution in [3.05, 3.63) is 90.8 Å². The van der Waals surface area contributed by atoms with Crippen LogP contribution in [0.1, 0.15) is 22.6 Å². The predicted octanol–water partition coefficient (Wildman–Crippen LogP) is 4.26. The summed E-state index contributed by atoms with van der Waals surface area (Å²) in [6.45, 7) is 1.88. The van der Waals surface area contributed by atoms with Gasteiger partial charge in [0.15, 0.2) is 0 Å². The smallest absolute Gasteiger partial charge is 0.267 e. The maximum Gasteiger partial charge on any atom is 0.267 e. The number of nitrogens with zero attached hydrogens (tertiary/aromatic N) is 4. The molecular formula is C26H25N5O2. The molecule has 0 atom stereocenters. The summed E-state index contributed by atoms with van der Waals surface area (Å²) in [4.78, 5) is 22.0. The van der Waals surface area contributed by atoms with Gasteiger partial charge in [0.25, 0.3) is 5.91 Å². The Bertz CT molecular complexity index is 1410. The van der Waals surface area contributed by atoms with Crippen LogP contribution in [0, 0.1) is 0 Å². The first-order valence-electron chi connectivity index (χ1n) is 11.0. The molecule has 0 aliphatic carbocycles. The summed E-state index contributed by atoms with van der Waals surface area (Å²) < 4.78 is 9.41. The monoisotopic (exact) mass is 439 g/mol. The van der Waals surface area contributed by atoms with E-state index in [2.05, 4.69) is 16.4 Å². The number of benzene rings is 2. The van der Waals surface area contributed by atoms with Gasteiger partial charge in [-0.15, -0.1) is 0 Å². The molecule has 166 valence electrons. The lowest BCUT2D eigenvalue weighted by atomic mass is 10.2. The van der Waals surface area contributed by atoms with Gasteiger partial charge in [0.2, 0.25) is 0 Å². The van der Waals surface area contributed by atoms with Gasteiger partial charge in [-0.1, -0.05) is 24.3 Å². The van der Waals surface area contributed by atoms with Crippen LogP contribution in [0.4, 0.5) is 0 Å². The van der Waals surface area contributed by atoms with Crippen molar-refractivity contribution in [1.29, 1.82) is 0 Å². The van der Waals surface area contributed by atoms with Gasteiger partial charge in [-0.25, -0.2) is 4.98 Å². The van der Waals surface area contributed by atoms with Crippen LogP contribution in [0.25, 0.3) is 21.8 Å². The van der Waals surface area contributed by atoms with Crippen LogP contribution in [0.3, 0.4) is 0 Å². The Morgan fingerprint density at radius 2 is 1.97 bits per heavy atom. The van der Waals surface area contributed by atoms with E-state index in [0.717, 1.165) is 46.2 Å². The number of amides is 1. The second kappa shape index (κ2) is 9.16. The van der Waals surface area contributed by atoms with E-state index in [-0.39, 0.29) is 5.91 Å². The van der Waals surface area contributed by atoms with Crippen LogP contribution < -0.4 is 10.1 Å². The summed E-state index contributed by atoms with van der Waals surface area (Å²) in [5, 5.41) is 5.12. The molecule has 2 aromatic carbocycles. The molecule has 7 nitrogen and oxygen atoms in total. The van der Waals surface area contributed by atoms with Gasteiger partial charge in [0, 0.05) is 41.8 Å². The molecule has 5 rings (SSSR count). The fourth-order valence-electron chi connectivity index (χ4n) is 4.07. The van der Waals surface area contributed by atoms with Crippen molar-refractivity contribution in [3.8, 4) is 5.75 Å². The van der Waals surface area contributed by atoms with Crippen LogP contribution in [-0.4, -0.2) is 38.7 Å². The summed E-state index contributed by atoms with van der Waals surface area (Å²) in [5.41, 5.74) is 3.42. The number of para-hydroxylation sites is 1. The Hall–Kier alpha value is -4.13. The molecular weight excluding hydrogens is 414 g/mol. The van der Waals surface area contributed by atoms with E-state index in [4.69, 9.17) is 9.72 Å². The Labute approximate surface area is 191 Å². The fraction of sp³-hybridized carbons (Fsp3) is 0.192. The van der Waals surface area contributed by atoms with Crippen LogP contribution in [0.15, 0.2) is 79.4 Å². The molecule has 1 N–H and O–H groups in total. The fourth-order valence-corrected chi connectivity index (χ4v) is 4.07. The number of imidazole rings is 1. The number of ether oxygens (including phenoxy) is 1. The summed E-state index contributed by atoms with van der Waals surface area (Å²) in [5.74, 6) is 0.660. The molecule has 33 heavy (non-hydrogen) atoms. The molecule has 0 spiro atoms. The van der Waals surface area contributed by atoms with Crippen LogP contribution in [0.2, 0.25) is 0 Å². The SMILES string of the molecule is COc1ccc2c(c1)cc(C(=O)NCCCn1ccnc1)n2Cc1ccc2ccccc2n1. The van der Waals surface area contributed by atoms with Crippen molar-refractivity contribution in [1.82, 2.24) is 24.4 Å². The van der Waals surface area contributed by atoms with E-state index in [1.807, 2.05) is 69.9 Å². The van der Waals surface area contributed by atoms with Crippen LogP contribution in [0.5, 0.6) is 5.75 Å². The number of methoxy groups -OCH3 is 1. The Balaban J connectivity index is 1.42. The molecule has 3 heterocycles. The average Bonchev–Trinajstić information content (AvgIpc) is 3.49. The summed E-state index contributed by atoms with van der Waals surface area (Å²) in [6.07, 6.45) is 6.28. The maximum atomic E-state index is 13.2. The first kappa shape index (κ1) is 20.8. The van der Waals surface area contributed by atoms with E-state index < -0.39 is 0 Å². The largest absolute Gasteiger partial charge is 0.497 e. The number of hydrogen-bond acceptors (Lipinski definition) is 4. The van der Waals surface area contributed by atoms with E-state index in [0.29, 0.717) is 18.8 Å². The number of aryl methyl sites for hydroxylation is 1. The van der Waals surface area contributed by atoms with Crippen molar-refractivity contribution in [2.45, 2.75) is 19.5 Å². The molecule has 0 aliphatic heterocycles. The van der Waals surface area contributed by atoms with Crippen molar-refractivity contribution in [2.75, 3.05) is 13.7 Å². The van der Waals surface area contributed by atoms with Crippen molar-refractivity contribution in [3.63, 3.8) is 0 Å². The van der Waals surface area contributed by atoms with Crippen molar-refractivity contribution >= 4 is 27.7 Å².